The van der Waals surface area contributed by atoms with Crippen LogP contribution in [-0.2, 0) is 9.53 Å². The zero-order valence-corrected chi connectivity index (χ0v) is 12.1. The lowest BCUT2D eigenvalue weighted by atomic mass is 10.1. The second-order valence-electron chi connectivity index (χ2n) is 4.69. The molecule has 0 saturated carbocycles. The average molecular weight is 314 g/mol. The standard InChI is InChI=1S/C14H16ClNO5/c15-12-2-1-10(7-11(12)14(18)19)21-8-13(17)16-9-3-5-20-6-4-9/h1-2,7,9H,3-6,8H2,(H,16,17)(H,18,19). The van der Waals surface area contributed by atoms with E-state index in [1.54, 1.807) is 0 Å². The smallest absolute Gasteiger partial charge is 0.337 e. The molecular formula is C14H16ClNO5. The van der Waals surface area contributed by atoms with Crippen LogP contribution in [0, 0.1) is 0 Å². The summed E-state index contributed by atoms with van der Waals surface area (Å²) < 4.78 is 10.5. The highest BCUT2D eigenvalue weighted by Crippen LogP contribution is 2.22. The van der Waals surface area contributed by atoms with Crippen molar-refractivity contribution in [3.05, 3.63) is 28.8 Å². The summed E-state index contributed by atoms with van der Waals surface area (Å²) in [5.74, 6) is -1.09. The molecule has 0 atom stereocenters. The van der Waals surface area contributed by atoms with Gasteiger partial charge in [0.2, 0.25) is 0 Å². The zero-order valence-electron chi connectivity index (χ0n) is 11.3. The minimum atomic E-state index is -1.14. The van der Waals surface area contributed by atoms with Crippen molar-refractivity contribution >= 4 is 23.5 Å². The minimum absolute atomic E-state index is 0.0565. The number of hydrogen-bond donors (Lipinski definition) is 2. The summed E-state index contributed by atoms with van der Waals surface area (Å²) in [6, 6.07) is 4.36. The van der Waals surface area contributed by atoms with E-state index in [2.05, 4.69) is 5.32 Å². The van der Waals surface area contributed by atoms with Gasteiger partial charge in [-0.3, -0.25) is 4.79 Å². The molecule has 1 saturated heterocycles. The molecule has 1 heterocycles. The van der Waals surface area contributed by atoms with Gasteiger partial charge in [0.05, 0.1) is 10.6 Å². The Hall–Kier alpha value is -1.79. The van der Waals surface area contributed by atoms with Crippen molar-refractivity contribution in [2.24, 2.45) is 0 Å². The Labute approximate surface area is 127 Å². The highest BCUT2D eigenvalue weighted by atomic mass is 35.5. The largest absolute Gasteiger partial charge is 0.484 e. The summed E-state index contributed by atoms with van der Waals surface area (Å²) in [5, 5.41) is 11.9. The van der Waals surface area contributed by atoms with Crippen molar-refractivity contribution in [3.8, 4) is 5.75 Å². The number of carbonyl (C=O) groups excluding carboxylic acids is 1. The molecule has 0 radical (unpaired) electrons. The van der Waals surface area contributed by atoms with Crippen LogP contribution in [0.5, 0.6) is 5.75 Å². The van der Waals surface area contributed by atoms with Crippen molar-refractivity contribution in [2.45, 2.75) is 18.9 Å². The number of carboxylic acid groups (broad SMARTS) is 1. The van der Waals surface area contributed by atoms with E-state index in [0.29, 0.717) is 19.0 Å². The molecule has 1 aliphatic rings. The van der Waals surface area contributed by atoms with E-state index >= 15 is 0 Å². The SMILES string of the molecule is O=C(COc1ccc(Cl)c(C(=O)O)c1)NC1CCOCC1. The molecule has 1 amide bonds. The van der Waals surface area contributed by atoms with Gasteiger partial charge in [0, 0.05) is 19.3 Å². The first-order valence-electron chi connectivity index (χ1n) is 6.59. The Bertz CT molecular complexity index is 528. The van der Waals surface area contributed by atoms with Crippen LogP contribution in [0.1, 0.15) is 23.2 Å². The van der Waals surface area contributed by atoms with Gasteiger partial charge < -0.3 is 19.9 Å². The minimum Gasteiger partial charge on any atom is -0.484 e. The lowest BCUT2D eigenvalue weighted by Crippen LogP contribution is -2.41. The van der Waals surface area contributed by atoms with E-state index < -0.39 is 5.97 Å². The van der Waals surface area contributed by atoms with Crippen LogP contribution in [0.25, 0.3) is 0 Å². The maximum atomic E-state index is 11.8. The van der Waals surface area contributed by atoms with E-state index in [-0.39, 0.29) is 29.1 Å². The zero-order chi connectivity index (χ0) is 15.2. The lowest BCUT2D eigenvalue weighted by molar-refractivity contribution is -0.124. The maximum absolute atomic E-state index is 11.8. The van der Waals surface area contributed by atoms with Gasteiger partial charge in [-0.25, -0.2) is 4.79 Å². The summed E-state index contributed by atoms with van der Waals surface area (Å²) in [4.78, 5) is 22.7. The first-order valence-corrected chi connectivity index (χ1v) is 6.97. The van der Waals surface area contributed by atoms with E-state index in [4.69, 9.17) is 26.2 Å². The fourth-order valence-electron chi connectivity index (χ4n) is 2.02. The van der Waals surface area contributed by atoms with Gasteiger partial charge in [-0.05, 0) is 31.0 Å². The van der Waals surface area contributed by atoms with Crippen LogP contribution in [0.15, 0.2) is 18.2 Å². The molecule has 1 aliphatic heterocycles. The molecule has 2 N–H and O–H groups in total. The molecule has 0 unspecified atom stereocenters. The van der Waals surface area contributed by atoms with Crippen molar-refractivity contribution in [3.63, 3.8) is 0 Å². The van der Waals surface area contributed by atoms with Crippen molar-refractivity contribution < 1.29 is 24.2 Å². The van der Waals surface area contributed by atoms with Crippen molar-refractivity contribution in [2.75, 3.05) is 19.8 Å². The van der Waals surface area contributed by atoms with E-state index in [1.165, 1.54) is 18.2 Å². The molecule has 1 aromatic carbocycles. The molecule has 1 fully saturated rings. The molecule has 2 rings (SSSR count). The predicted molar refractivity (Wildman–Crippen MR) is 75.9 cm³/mol. The third-order valence-electron chi connectivity index (χ3n) is 3.12. The van der Waals surface area contributed by atoms with Gasteiger partial charge in [-0.1, -0.05) is 11.6 Å². The highest BCUT2D eigenvalue weighted by molar-refractivity contribution is 6.33. The Kier molecular flexibility index (Phi) is 5.41. The summed E-state index contributed by atoms with van der Waals surface area (Å²) in [6.45, 7) is 1.12. The Morgan fingerprint density at radius 2 is 2.10 bits per heavy atom. The van der Waals surface area contributed by atoms with Crippen LogP contribution in [0.3, 0.4) is 0 Å². The van der Waals surface area contributed by atoms with Gasteiger partial charge >= 0.3 is 5.97 Å². The molecule has 0 aliphatic carbocycles. The van der Waals surface area contributed by atoms with Crippen molar-refractivity contribution in [1.82, 2.24) is 5.32 Å². The second kappa shape index (κ2) is 7.28. The van der Waals surface area contributed by atoms with Crippen LogP contribution in [0.2, 0.25) is 5.02 Å². The Morgan fingerprint density at radius 1 is 1.38 bits per heavy atom. The summed E-state index contributed by atoms with van der Waals surface area (Å²) in [6.07, 6.45) is 1.58. The number of aromatic carboxylic acids is 1. The number of amides is 1. The Balaban J connectivity index is 1.86. The topological polar surface area (TPSA) is 84.9 Å². The molecule has 6 nitrogen and oxygen atoms in total. The van der Waals surface area contributed by atoms with Crippen LogP contribution in [0.4, 0.5) is 0 Å². The normalized spacial score (nSPS) is 15.5. The van der Waals surface area contributed by atoms with Gasteiger partial charge in [0.15, 0.2) is 6.61 Å². The molecule has 0 bridgehead atoms. The molecule has 0 spiro atoms. The number of halogens is 1. The average Bonchev–Trinajstić information content (AvgIpc) is 2.47. The van der Waals surface area contributed by atoms with E-state index in [0.717, 1.165) is 12.8 Å². The van der Waals surface area contributed by atoms with Gasteiger partial charge in [0.1, 0.15) is 5.75 Å². The number of benzene rings is 1. The first kappa shape index (κ1) is 15.6. The molecule has 21 heavy (non-hydrogen) atoms. The number of rotatable bonds is 5. The van der Waals surface area contributed by atoms with E-state index in [9.17, 15) is 9.59 Å². The third kappa shape index (κ3) is 4.61. The van der Waals surface area contributed by atoms with Crippen LogP contribution in [-0.4, -0.2) is 42.8 Å². The molecule has 1 aromatic rings. The molecule has 114 valence electrons. The first-order chi connectivity index (χ1) is 10.1. The molecule has 0 aromatic heterocycles. The quantitative estimate of drug-likeness (QED) is 0.864. The number of hydrogen-bond acceptors (Lipinski definition) is 4. The summed E-state index contributed by atoms with van der Waals surface area (Å²) in [7, 11) is 0. The molecular weight excluding hydrogens is 298 g/mol. The highest BCUT2D eigenvalue weighted by Gasteiger charge is 2.16. The maximum Gasteiger partial charge on any atom is 0.337 e. The number of nitrogens with one attached hydrogen (secondary N) is 1. The number of ether oxygens (including phenoxy) is 2. The van der Waals surface area contributed by atoms with Crippen LogP contribution >= 0.6 is 11.6 Å². The summed E-state index contributed by atoms with van der Waals surface area (Å²) in [5.41, 5.74) is -0.0565. The third-order valence-corrected chi connectivity index (χ3v) is 3.45. The van der Waals surface area contributed by atoms with E-state index in [1.807, 2.05) is 0 Å². The lowest BCUT2D eigenvalue weighted by Gasteiger charge is -2.23. The van der Waals surface area contributed by atoms with Crippen LogP contribution < -0.4 is 10.1 Å². The fourth-order valence-corrected chi connectivity index (χ4v) is 2.22. The monoisotopic (exact) mass is 313 g/mol. The van der Waals surface area contributed by atoms with Crippen molar-refractivity contribution in [1.29, 1.82) is 0 Å². The number of carbonyl (C=O) groups is 2. The van der Waals surface area contributed by atoms with Gasteiger partial charge in [0.25, 0.3) is 5.91 Å². The van der Waals surface area contributed by atoms with Gasteiger partial charge in [-0.2, -0.15) is 0 Å². The Morgan fingerprint density at radius 3 is 2.76 bits per heavy atom. The molecule has 7 heteroatoms. The number of carboxylic acids is 1. The second-order valence-corrected chi connectivity index (χ2v) is 5.10. The predicted octanol–water partition coefficient (Wildman–Crippen LogP) is 1.71. The fraction of sp³-hybridized carbons (Fsp3) is 0.429. The van der Waals surface area contributed by atoms with Gasteiger partial charge in [-0.15, -0.1) is 0 Å². The summed E-state index contributed by atoms with van der Waals surface area (Å²) >= 11 is 5.76.